The minimum atomic E-state index is -4.36. The molecule has 0 saturated heterocycles. The largest absolute Gasteiger partial charge is 0.416 e. The van der Waals surface area contributed by atoms with Crippen LogP contribution in [0.5, 0.6) is 0 Å². The van der Waals surface area contributed by atoms with Gasteiger partial charge >= 0.3 is 6.18 Å². The van der Waals surface area contributed by atoms with E-state index >= 15 is 0 Å². The minimum absolute atomic E-state index is 0.349. The number of hydrogen-bond donors (Lipinski definition) is 0. The Balaban J connectivity index is 1.71. The van der Waals surface area contributed by atoms with E-state index in [9.17, 15) is 13.2 Å². The maximum Gasteiger partial charge on any atom is 0.416 e. The summed E-state index contributed by atoms with van der Waals surface area (Å²) in [5, 5.41) is 9.41. The molecule has 0 fully saturated rings. The summed E-state index contributed by atoms with van der Waals surface area (Å²) >= 11 is 1.36. The monoisotopic (exact) mass is 439 g/mol. The number of halogens is 3. The summed E-state index contributed by atoms with van der Waals surface area (Å²) in [6, 6.07) is 21.4. The fourth-order valence-corrected chi connectivity index (χ4v) is 4.21. The first-order valence-corrected chi connectivity index (χ1v) is 10.7. The van der Waals surface area contributed by atoms with E-state index in [0.29, 0.717) is 22.3 Å². The first-order valence-electron chi connectivity index (χ1n) is 9.70. The molecule has 4 rings (SSSR count). The molecule has 0 saturated carbocycles. The summed E-state index contributed by atoms with van der Waals surface area (Å²) in [5.74, 6) is 1.04. The van der Waals surface area contributed by atoms with Crippen LogP contribution >= 0.6 is 11.8 Å². The van der Waals surface area contributed by atoms with Crippen LogP contribution in [0, 0.1) is 13.8 Å². The molecule has 4 aromatic rings. The van der Waals surface area contributed by atoms with Gasteiger partial charge in [0.2, 0.25) is 0 Å². The van der Waals surface area contributed by atoms with Crippen LogP contribution < -0.4 is 0 Å². The summed E-state index contributed by atoms with van der Waals surface area (Å²) in [6.45, 7) is 4.02. The van der Waals surface area contributed by atoms with Crippen molar-refractivity contribution in [1.82, 2.24) is 14.8 Å². The van der Waals surface area contributed by atoms with Gasteiger partial charge in [-0.3, -0.25) is 4.57 Å². The van der Waals surface area contributed by atoms with Gasteiger partial charge in [-0.05, 0) is 49.2 Å². The number of thioether (sulfide) groups is 1. The van der Waals surface area contributed by atoms with E-state index < -0.39 is 11.7 Å². The lowest BCUT2D eigenvalue weighted by atomic mass is 10.1. The second-order valence-corrected chi connectivity index (χ2v) is 8.28. The van der Waals surface area contributed by atoms with Crippen LogP contribution in [-0.2, 0) is 11.9 Å². The molecule has 7 heteroatoms. The van der Waals surface area contributed by atoms with Gasteiger partial charge in [0, 0.05) is 17.0 Å². The second-order valence-electron chi connectivity index (χ2n) is 7.34. The van der Waals surface area contributed by atoms with E-state index in [-0.39, 0.29) is 0 Å². The van der Waals surface area contributed by atoms with Gasteiger partial charge in [-0.1, -0.05) is 65.9 Å². The summed E-state index contributed by atoms with van der Waals surface area (Å²) in [4.78, 5) is 0. The van der Waals surface area contributed by atoms with Crippen LogP contribution in [0.3, 0.4) is 0 Å². The lowest BCUT2D eigenvalue weighted by Gasteiger charge is -2.12. The molecular weight excluding hydrogens is 419 g/mol. The highest BCUT2D eigenvalue weighted by atomic mass is 32.2. The van der Waals surface area contributed by atoms with Crippen molar-refractivity contribution in [3.63, 3.8) is 0 Å². The van der Waals surface area contributed by atoms with E-state index in [2.05, 4.69) is 10.2 Å². The molecule has 3 aromatic carbocycles. The standard InChI is InChI=1S/C24H20F3N3S/c1-16-6-3-9-19(12-16)22-28-29-23(30(22)21-11-4-7-17(2)13-21)31-15-18-8-5-10-20(14-18)24(25,26)27/h3-14H,15H2,1-2H3. The predicted molar refractivity (Wildman–Crippen MR) is 117 cm³/mol. The van der Waals surface area contributed by atoms with Crippen molar-refractivity contribution in [2.24, 2.45) is 0 Å². The first kappa shape index (κ1) is 21.2. The average molecular weight is 440 g/mol. The van der Waals surface area contributed by atoms with Crippen LogP contribution in [0.25, 0.3) is 17.1 Å². The molecule has 0 bridgehead atoms. The quantitative estimate of drug-likeness (QED) is 0.318. The number of aromatic nitrogens is 3. The highest BCUT2D eigenvalue weighted by Crippen LogP contribution is 2.33. The second kappa shape index (κ2) is 8.59. The normalized spacial score (nSPS) is 11.6. The Hall–Kier alpha value is -3.06. The summed E-state index contributed by atoms with van der Waals surface area (Å²) in [7, 11) is 0. The third-order valence-corrected chi connectivity index (χ3v) is 5.79. The molecule has 3 nitrogen and oxygen atoms in total. The third-order valence-electron chi connectivity index (χ3n) is 4.79. The molecule has 0 unspecified atom stereocenters. The first-order chi connectivity index (χ1) is 14.8. The van der Waals surface area contributed by atoms with E-state index in [1.807, 2.05) is 66.9 Å². The fourth-order valence-electron chi connectivity index (χ4n) is 3.32. The third kappa shape index (κ3) is 4.82. The van der Waals surface area contributed by atoms with Crippen molar-refractivity contribution in [2.45, 2.75) is 30.9 Å². The number of hydrogen-bond acceptors (Lipinski definition) is 3. The maximum atomic E-state index is 13.0. The fraction of sp³-hybridized carbons (Fsp3) is 0.167. The molecule has 1 heterocycles. The minimum Gasteiger partial charge on any atom is -0.270 e. The van der Waals surface area contributed by atoms with Gasteiger partial charge in [-0.15, -0.1) is 10.2 Å². The summed E-state index contributed by atoms with van der Waals surface area (Å²) < 4.78 is 41.1. The van der Waals surface area contributed by atoms with Crippen molar-refractivity contribution in [3.05, 3.63) is 95.1 Å². The zero-order valence-electron chi connectivity index (χ0n) is 17.0. The number of nitrogens with zero attached hydrogens (tertiary/aromatic N) is 3. The van der Waals surface area contributed by atoms with Crippen molar-refractivity contribution in [1.29, 1.82) is 0 Å². The van der Waals surface area contributed by atoms with Crippen LogP contribution in [-0.4, -0.2) is 14.8 Å². The van der Waals surface area contributed by atoms with Crippen molar-refractivity contribution in [3.8, 4) is 17.1 Å². The molecule has 0 spiro atoms. The lowest BCUT2D eigenvalue weighted by Crippen LogP contribution is -2.05. The van der Waals surface area contributed by atoms with Crippen LogP contribution in [0.1, 0.15) is 22.3 Å². The number of aryl methyl sites for hydroxylation is 2. The Morgan fingerprint density at radius 1 is 0.839 bits per heavy atom. The highest BCUT2D eigenvalue weighted by Gasteiger charge is 2.30. The molecule has 31 heavy (non-hydrogen) atoms. The van der Waals surface area contributed by atoms with E-state index in [1.54, 1.807) is 6.07 Å². The maximum absolute atomic E-state index is 13.0. The molecular formula is C24H20F3N3S. The van der Waals surface area contributed by atoms with Crippen LogP contribution in [0.2, 0.25) is 0 Å². The Bertz CT molecular complexity index is 1210. The van der Waals surface area contributed by atoms with E-state index in [1.165, 1.54) is 23.9 Å². The van der Waals surface area contributed by atoms with Gasteiger partial charge in [0.25, 0.3) is 0 Å². The molecule has 0 radical (unpaired) electrons. The van der Waals surface area contributed by atoms with Gasteiger partial charge in [-0.25, -0.2) is 0 Å². The summed E-state index contributed by atoms with van der Waals surface area (Å²) in [6.07, 6.45) is -4.36. The Morgan fingerprint density at radius 2 is 1.55 bits per heavy atom. The highest BCUT2D eigenvalue weighted by molar-refractivity contribution is 7.98. The van der Waals surface area contributed by atoms with E-state index in [4.69, 9.17) is 0 Å². The van der Waals surface area contributed by atoms with Gasteiger partial charge < -0.3 is 0 Å². The molecule has 0 atom stereocenters. The molecule has 0 N–H and O–H groups in total. The summed E-state index contributed by atoms with van der Waals surface area (Å²) in [5.41, 5.74) is 3.97. The lowest BCUT2D eigenvalue weighted by molar-refractivity contribution is -0.137. The molecule has 158 valence electrons. The van der Waals surface area contributed by atoms with Crippen molar-refractivity contribution >= 4 is 11.8 Å². The average Bonchev–Trinajstić information content (AvgIpc) is 3.16. The van der Waals surface area contributed by atoms with Crippen molar-refractivity contribution in [2.75, 3.05) is 0 Å². The number of benzene rings is 3. The molecule has 0 amide bonds. The molecule has 0 aliphatic heterocycles. The Morgan fingerprint density at radius 3 is 2.26 bits per heavy atom. The Labute approximate surface area is 183 Å². The van der Waals surface area contributed by atoms with Crippen molar-refractivity contribution < 1.29 is 13.2 Å². The Kier molecular flexibility index (Phi) is 5.87. The predicted octanol–water partition coefficient (Wildman–Crippen LogP) is 6.86. The van der Waals surface area contributed by atoms with Crippen LogP contribution in [0.4, 0.5) is 13.2 Å². The van der Waals surface area contributed by atoms with Gasteiger partial charge in [-0.2, -0.15) is 13.2 Å². The SMILES string of the molecule is Cc1cccc(-c2nnc(SCc3cccc(C(F)(F)F)c3)n2-c2cccc(C)c2)c1. The number of alkyl halides is 3. The number of rotatable bonds is 5. The molecule has 0 aliphatic carbocycles. The van der Waals surface area contributed by atoms with Crippen LogP contribution in [0.15, 0.2) is 78.0 Å². The van der Waals surface area contributed by atoms with E-state index in [0.717, 1.165) is 28.4 Å². The van der Waals surface area contributed by atoms with Gasteiger partial charge in [0.15, 0.2) is 11.0 Å². The molecule has 0 aliphatic rings. The smallest absolute Gasteiger partial charge is 0.270 e. The van der Waals surface area contributed by atoms with Gasteiger partial charge in [0.1, 0.15) is 0 Å². The topological polar surface area (TPSA) is 30.7 Å². The van der Waals surface area contributed by atoms with Gasteiger partial charge in [0.05, 0.1) is 5.56 Å². The molecule has 1 aromatic heterocycles. The zero-order valence-corrected chi connectivity index (χ0v) is 17.8. The zero-order chi connectivity index (χ0) is 22.0.